The van der Waals surface area contributed by atoms with Gasteiger partial charge in [-0.15, -0.1) is 0 Å². The van der Waals surface area contributed by atoms with Crippen LogP contribution in [0.15, 0.2) is 60.7 Å². The Morgan fingerprint density at radius 3 is 2.47 bits per heavy atom. The fraction of sp³-hybridized carbons (Fsp3) is 0.370. The molecule has 7 heteroatoms. The van der Waals surface area contributed by atoms with E-state index in [1.54, 1.807) is 16.7 Å². The van der Waals surface area contributed by atoms with E-state index in [0.29, 0.717) is 18.0 Å². The minimum absolute atomic E-state index is 0.213. The first-order chi connectivity index (χ1) is 16.1. The maximum atomic E-state index is 13.8. The van der Waals surface area contributed by atoms with E-state index in [9.17, 15) is 9.59 Å². The number of amides is 2. The number of hydrogen-bond donors (Lipinski definition) is 1. The van der Waals surface area contributed by atoms with Crippen molar-refractivity contribution in [2.24, 2.45) is 0 Å². The summed E-state index contributed by atoms with van der Waals surface area (Å²) in [6.07, 6.45) is 0. The average molecular weight is 461 g/mol. The monoisotopic (exact) mass is 460 g/mol. The maximum absolute atomic E-state index is 13.8. The van der Waals surface area contributed by atoms with E-state index in [2.05, 4.69) is 26.1 Å². The van der Waals surface area contributed by atoms with Gasteiger partial charge in [0.15, 0.2) is 0 Å². The number of fused-ring (bicyclic) bond motifs is 1. The number of ether oxygens (including phenoxy) is 1. The predicted octanol–water partition coefficient (Wildman–Crippen LogP) is 3.92. The van der Waals surface area contributed by atoms with Crippen molar-refractivity contribution in [3.05, 3.63) is 83.2 Å². The third-order valence-corrected chi connectivity index (χ3v) is 6.33. The summed E-state index contributed by atoms with van der Waals surface area (Å²) in [5.74, 6) is 0.276. The Labute approximate surface area is 200 Å². The van der Waals surface area contributed by atoms with Crippen LogP contribution in [0.25, 0.3) is 0 Å². The van der Waals surface area contributed by atoms with Crippen molar-refractivity contribution in [3.8, 4) is 5.75 Å². The summed E-state index contributed by atoms with van der Waals surface area (Å²) in [6.45, 7) is 8.93. The normalized spacial score (nSPS) is 17.9. The smallest absolute Gasteiger partial charge is 0.273 e. The number of nitrogens with zero attached hydrogens (tertiary/aromatic N) is 3. The Kier molecular flexibility index (Phi) is 6.21. The highest BCUT2D eigenvalue weighted by Gasteiger charge is 2.48. The zero-order valence-electron chi connectivity index (χ0n) is 20.5. The van der Waals surface area contributed by atoms with Gasteiger partial charge < -0.3 is 15.0 Å². The largest absolute Gasteiger partial charge is 0.497 e. The molecule has 0 saturated carbocycles. The Bertz CT molecular complexity index is 1200. The summed E-state index contributed by atoms with van der Waals surface area (Å²) >= 11 is 0. The lowest BCUT2D eigenvalue weighted by Gasteiger charge is -2.43. The molecule has 34 heavy (non-hydrogen) atoms. The molecule has 2 heterocycles. The number of methoxy groups -OCH3 is 1. The van der Waals surface area contributed by atoms with Crippen LogP contribution in [-0.2, 0) is 29.8 Å². The van der Waals surface area contributed by atoms with Crippen molar-refractivity contribution < 1.29 is 14.3 Å². The fourth-order valence-corrected chi connectivity index (χ4v) is 4.18. The molecule has 0 fully saturated rings. The number of benzene rings is 2. The van der Waals surface area contributed by atoms with Gasteiger partial charge in [0.2, 0.25) is 5.91 Å². The minimum Gasteiger partial charge on any atom is -0.497 e. The van der Waals surface area contributed by atoms with Crippen LogP contribution in [-0.4, -0.2) is 39.1 Å². The number of hydrogen-bond acceptors (Lipinski definition) is 4. The van der Waals surface area contributed by atoms with Gasteiger partial charge in [0.1, 0.15) is 17.0 Å². The lowest BCUT2D eigenvalue weighted by Crippen LogP contribution is -2.63. The molecule has 4 rings (SSSR count). The van der Waals surface area contributed by atoms with E-state index < -0.39 is 5.54 Å². The first-order valence-electron chi connectivity index (χ1n) is 11.5. The summed E-state index contributed by atoms with van der Waals surface area (Å²) in [5, 5.41) is 7.74. The third kappa shape index (κ3) is 4.55. The van der Waals surface area contributed by atoms with Crippen molar-refractivity contribution >= 4 is 11.8 Å². The van der Waals surface area contributed by atoms with Gasteiger partial charge >= 0.3 is 0 Å². The zero-order chi connectivity index (χ0) is 24.5. The summed E-state index contributed by atoms with van der Waals surface area (Å²) in [4.78, 5) is 29.0. The van der Waals surface area contributed by atoms with Crippen LogP contribution in [0, 0.1) is 0 Å². The van der Waals surface area contributed by atoms with Crippen molar-refractivity contribution in [2.45, 2.75) is 58.3 Å². The number of aromatic nitrogens is 2. The summed E-state index contributed by atoms with van der Waals surface area (Å²) < 4.78 is 7.05. The second kappa shape index (κ2) is 8.97. The SMILES string of the molecule is COc1cccc(CN2C(=O)c3cc(C(C)(C)C)nn3CC2(C)C(=O)NCc2ccccc2)c1. The van der Waals surface area contributed by atoms with Crippen LogP contribution in [0.4, 0.5) is 0 Å². The molecule has 7 nitrogen and oxygen atoms in total. The minimum atomic E-state index is -1.12. The highest BCUT2D eigenvalue weighted by Crippen LogP contribution is 2.32. The number of carbonyl (C=O) groups is 2. The number of rotatable bonds is 6. The maximum Gasteiger partial charge on any atom is 0.273 e. The Balaban J connectivity index is 1.70. The molecule has 1 atom stereocenters. The van der Waals surface area contributed by atoms with Crippen LogP contribution in [0.5, 0.6) is 5.75 Å². The molecule has 1 aliphatic rings. The van der Waals surface area contributed by atoms with Crippen LogP contribution in [0.3, 0.4) is 0 Å². The molecule has 0 aliphatic carbocycles. The highest BCUT2D eigenvalue weighted by molar-refractivity contribution is 5.99. The van der Waals surface area contributed by atoms with Gasteiger partial charge in [-0.2, -0.15) is 5.10 Å². The molecule has 1 unspecified atom stereocenters. The van der Waals surface area contributed by atoms with Gasteiger partial charge in [-0.3, -0.25) is 14.3 Å². The Morgan fingerprint density at radius 1 is 1.09 bits per heavy atom. The Morgan fingerprint density at radius 2 is 1.79 bits per heavy atom. The van der Waals surface area contributed by atoms with Crippen LogP contribution >= 0.6 is 0 Å². The van der Waals surface area contributed by atoms with Crippen LogP contribution in [0.1, 0.15) is 55.0 Å². The third-order valence-electron chi connectivity index (χ3n) is 6.33. The van der Waals surface area contributed by atoms with E-state index in [4.69, 9.17) is 9.84 Å². The predicted molar refractivity (Wildman–Crippen MR) is 130 cm³/mol. The quantitative estimate of drug-likeness (QED) is 0.605. The topological polar surface area (TPSA) is 76.5 Å². The molecule has 0 saturated heterocycles. The van der Waals surface area contributed by atoms with E-state index in [-0.39, 0.29) is 30.3 Å². The van der Waals surface area contributed by atoms with E-state index in [1.807, 2.05) is 67.6 Å². The second-order valence-electron chi connectivity index (χ2n) is 10.0. The molecule has 0 bridgehead atoms. The molecule has 3 aromatic rings. The molecule has 0 spiro atoms. The molecular formula is C27H32N4O3. The average Bonchev–Trinajstić information content (AvgIpc) is 3.25. The van der Waals surface area contributed by atoms with Crippen LogP contribution in [0.2, 0.25) is 0 Å². The second-order valence-corrected chi connectivity index (χ2v) is 10.0. The van der Waals surface area contributed by atoms with Gasteiger partial charge in [0.05, 0.1) is 19.3 Å². The van der Waals surface area contributed by atoms with Crippen molar-refractivity contribution in [3.63, 3.8) is 0 Å². The lowest BCUT2D eigenvalue weighted by molar-refractivity contribution is -0.133. The summed E-state index contributed by atoms with van der Waals surface area (Å²) in [5.41, 5.74) is 1.87. The molecule has 2 aromatic carbocycles. The Hall–Kier alpha value is -3.61. The molecule has 1 N–H and O–H groups in total. The van der Waals surface area contributed by atoms with Crippen LogP contribution < -0.4 is 10.1 Å². The molecule has 1 aliphatic heterocycles. The first-order valence-corrected chi connectivity index (χ1v) is 11.5. The van der Waals surface area contributed by atoms with Crippen molar-refractivity contribution in [1.29, 1.82) is 0 Å². The first kappa shape index (κ1) is 23.5. The van der Waals surface area contributed by atoms with Gasteiger partial charge in [-0.05, 0) is 36.2 Å². The molecule has 2 amide bonds. The standard InChI is InChI=1S/C27H32N4O3/c1-26(2,3)23-15-22-24(32)30(17-20-12-9-13-21(14-20)34-5)27(4,18-31(22)29-23)25(33)28-16-19-10-7-6-8-11-19/h6-15H,16-18H2,1-5H3,(H,28,33). The molecular weight excluding hydrogens is 428 g/mol. The summed E-state index contributed by atoms with van der Waals surface area (Å²) in [7, 11) is 1.61. The molecule has 178 valence electrons. The van der Waals surface area contributed by atoms with E-state index >= 15 is 0 Å². The van der Waals surface area contributed by atoms with Gasteiger partial charge in [0, 0.05) is 18.5 Å². The number of nitrogens with one attached hydrogen (secondary N) is 1. The van der Waals surface area contributed by atoms with E-state index in [1.165, 1.54) is 0 Å². The van der Waals surface area contributed by atoms with Gasteiger partial charge in [-0.1, -0.05) is 63.2 Å². The summed E-state index contributed by atoms with van der Waals surface area (Å²) in [6, 6.07) is 19.2. The highest BCUT2D eigenvalue weighted by atomic mass is 16.5. The molecule has 1 aromatic heterocycles. The van der Waals surface area contributed by atoms with Gasteiger partial charge in [0.25, 0.3) is 5.91 Å². The number of carbonyl (C=O) groups excluding carboxylic acids is 2. The fourth-order valence-electron chi connectivity index (χ4n) is 4.18. The van der Waals surface area contributed by atoms with Crippen molar-refractivity contribution in [1.82, 2.24) is 20.0 Å². The lowest BCUT2D eigenvalue weighted by atomic mass is 9.91. The molecule has 0 radical (unpaired) electrons. The zero-order valence-corrected chi connectivity index (χ0v) is 20.5. The van der Waals surface area contributed by atoms with E-state index in [0.717, 1.165) is 16.8 Å². The van der Waals surface area contributed by atoms with Crippen molar-refractivity contribution in [2.75, 3.05) is 7.11 Å². The van der Waals surface area contributed by atoms with Gasteiger partial charge in [-0.25, -0.2) is 0 Å².